The Balaban J connectivity index is 1.32. The van der Waals surface area contributed by atoms with Gasteiger partial charge in [-0.2, -0.15) is 0 Å². The summed E-state index contributed by atoms with van der Waals surface area (Å²) in [4.78, 5) is 24.4. The van der Waals surface area contributed by atoms with Crippen molar-refractivity contribution in [2.75, 3.05) is 6.61 Å². The van der Waals surface area contributed by atoms with E-state index in [2.05, 4.69) is 13.5 Å². The Morgan fingerprint density at radius 3 is 2.19 bits per heavy atom. The van der Waals surface area contributed by atoms with Gasteiger partial charge in [0.15, 0.2) is 0 Å². The minimum Gasteiger partial charge on any atom is -0.462 e. The molecule has 0 aliphatic heterocycles. The molecule has 0 amide bonds. The zero-order chi connectivity index (χ0) is 25.8. The van der Waals surface area contributed by atoms with Crippen LogP contribution in [0.1, 0.15) is 142 Å². The molecule has 0 aromatic rings. The molecule has 3 rings (SSSR count). The second-order valence-electron chi connectivity index (χ2n) is 12.4. The van der Waals surface area contributed by atoms with E-state index in [0.717, 1.165) is 63.7 Å². The number of carbonyl (C=O) groups is 2. The van der Waals surface area contributed by atoms with Gasteiger partial charge in [0.05, 0.1) is 12.5 Å². The Kier molecular flexibility index (Phi) is 12.3. The third-order valence-electron chi connectivity index (χ3n) is 9.72. The average Bonchev–Trinajstić information content (AvgIpc) is 2.89. The monoisotopic (exact) mass is 502 g/mol. The maximum Gasteiger partial charge on any atom is 0.333 e. The maximum atomic E-state index is 12.9. The SMILES string of the molecule is C=C(C)C(=O)OCCCCC1CCC(C(=O)OC2CCC(C3(CCCCC)CCCCC3)CC2)CC1. The van der Waals surface area contributed by atoms with Crippen LogP contribution in [0.25, 0.3) is 0 Å². The van der Waals surface area contributed by atoms with Crippen LogP contribution in [0.2, 0.25) is 0 Å². The lowest BCUT2D eigenvalue weighted by Gasteiger charge is -2.47. The van der Waals surface area contributed by atoms with Gasteiger partial charge in [0.25, 0.3) is 0 Å². The first-order valence-corrected chi connectivity index (χ1v) is 15.5. The van der Waals surface area contributed by atoms with E-state index in [1.54, 1.807) is 6.92 Å². The fourth-order valence-electron chi connectivity index (χ4n) is 7.41. The molecule has 0 radical (unpaired) electrons. The normalized spacial score (nSPS) is 28.3. The van der Waals surface area contributed by atoms with Gasteiger partial charge in [-0.3, -0.25) is 4.79 Å². The number of carbonyl (C=O) groups excluding carboxylic acids is 2. The first-order chi connectivity index (χ1) is 17.4. The number of ether oxygens (including phenoxy) is 2. The Bertz CT molecular complexity index is 676. The molecule has 0 atom stereocenters. The fourth-order valence-corrected chi connectivity index (χ4v) is 7.41. The van der Waals surface area contributed by atoms with Crippen molar-refractivity contribution in [1.82, 2.24) is 0 Å². The lowest BCUT2D eigenvalue weighted by atomic mass is 9.59. The lowest BCUT2D eigenvalue weighted by molar-refractivity contribution is -0.158. The lowest BCUT2D eigenvalue weighted by Crippen LogP contribution is -2.38. The van der Waals surface area contributed by atoms with Crippen molar-refractivity contribution in [1.29, 1.82) is 0 Å². The average molecular weight is 503 g/mol. The summed E-state index contributed by atoms with van der Waals surface area (Å²) in [7, 11) is 0. The Hall–Kier alpha value is -1.32. The van der Waals surface area contributed by atoms with E-state index in [4.69, 9.17) is 9.47 Å². The van der Waals surface area contributed by atoms with Crippen molar-refractivity contribution < 1.29 is 19.1 Å². The van der Waals surface area contributed by atoms with Gasteiger partial charge in [0.1, 0.15) is 6.10 Å². The topological polar surface area (TPSA) is 52.6 Å². The van der Waals surface area contributed by atoms with Crippen molar-refractivity contribution in [3.05, 3.63) is 12.2 Å². The van der Waals surface area contributed by atoms with Crippen LogP contribution >= 0.6 is 0 Å². The van der Waals surface area contributed by atoms with Gasteiger partial charge in [-0.1, -0.05) is 58.4 Å². The van der Waals surface area contributed by atoms with Crippen LogP contribution in [-0.4, -0.2) is 24.6 Å². The maximum absolute atomic E-state index is 12.9. The van der Waals surface area contributed by atoms with Crippen LogP contribution in [-0.2, 0) is 19.1 Å². The molecule has 3 saturated carbocycles. The predicted octanol–water partition coefficient (Wildman–Crippen LogP) is 8.72. The Morgan fingerprint density at radius 1 is 0.861 bits per heavy atom. The summed E-state index contributed by atoms with van der Waals surface area (Å²) in [6, 6.07) is 0. The summed E-state index contributed by atoms with van der Waals surface area (Å²) in [6.45, 7) is 8.08. The molecule has 4 nitrogen and oxygen atoms in total. The van der Waals surface area contributed by atoms with Crippen molar-refractivity contribution in [3.63, 3.8) is 0 Å². The van der Waals surface area contributed by atoms with Crippen molar-refractivity contribution in [3.8, 4) is 0 Å². The van der Waals surface area contributed by atoms with Crippen molar-refractivity contribution >= 4 is 11.9 Å². The first-order valence-electron chi connectivity index (χ1n) is 15.5. The zero-order valence-electron chi connectivity index (χ0n) is 23.5. The van der Waals surface area contributed by atoms with Gasteiger partial charge in [-0.15, -0.1) is 0 Å². The Morgan fingerprint density at radius 2 is 1.56 bits per heavy atom. The van der Waals surface area contributed by atoms with Gasteiger partial charge in [0, 0.05) is 5.57 Å². The summed E-state index contributed by atoms with van der Waals surface area (Å²) in [5.74, 6) is 1.45. The highest BCUT2D eigenvalue weighted by Crippen LogP contribution is 2.51. The first kappa shape index (κ1) is 29.2. The molecule has 0 heterocycles. The van der Waals surface area contributed by atoms with Crippen molar-refractivity contribution in [2.24, 2.45) is 23.2 Å². The van der Waals surface area contributed by atoms with Crippen LogP contribution in [0.15, 0.2) is 12.2 Å². The van der Waals surface area contributed by atoms with Gasteiger partial charge in [-0.25, -0.2) is 4.79 Å². The van der Waals surface area contributed by atoms with Crippen LogP contribution < -0.4 is 0 Å². The molecule has 0 bridgehead atoms. The van der Waals surface area contributed by atoms with Gasteiger partial charge < -0.3 is 9.47 Å². The second-order valence-corrected chi connectivity index (χ2v) is 12.4. The number of hydrogen-bond donors (Lipinski definition) is 0. The van der Waals surface area contributed by atoms with E-state index in [1.807, 2.05) is 0 Å². The molecule has 0 saturated heterocycles. The number of esters is 2. The molecule has 3 aliphatic carbocycles. The van der Waals surface area contributed by atoms with E-state index < -0.39 is 0 Å². The zero-order valence-corrected chi connectivity index (χ0v) is 23.5. The molecule has 0 N–H and O–H groups in total. The highest BCUT2D eigenvalue weighted by atomic mass is 16.5. The van der Waals surface area contributed by atoms with Crippen molar-refractivity contribution in [2.45, 2.75) is 148 Å². The molecule has 0 spiro atoms. The van der Waals surface area contributed by atoms with Crippen LogP contribution in [0.5, 0.6) is 0 Å². The quantitative estimate of drug-likeness (QED) is 0.143. The molecule has 0 aromatic carbocycles. The fraction of sp³-hybridized carbons (Fsp3) is 0.875. The number of unbranched alkanes of at least 4 members (excludes halogenated alkanes) is 3. The Labute approximate surface area is 221 Å². The van der Waals surface area contributed by atoms with Crippen LogP contribution in [0.4, 0.5) is 0 Å². The summed E-state index contributed by atoms with van der Waals surface area (Å²) < 4.78 is 11.3. The minimum atomic E-state index is -0.289. The molecule has 206 valence electrons. The minimum absolute atomic E-state index is 0.0823. The summed E-state index contributed by atoms with van der Waals surface area (Å²) in [5, 5.41) is 0. The van der Waals surface area contributed by atoms with E-state index in [9.17, 15) is 9.59 Å². The largest absolute Gasteiger partial charge is 0.462 e. The third kappa shape index (κ3) is 8.91. The van der Waals surface area contributed by atoms with E-state index in [-0.39, 0.29) is 24.0 Å². The highest BCUT2D eigenvalue weighted by Gasteiger charge is 2.41. The molecule has 36 heavy (non-hydrogen) atoms. The van der Waals surface area contributed by atoms with Gasteiger partial charge >= 0.3 is 11.9 Å². The predicted molar refractivity (Wildman–Crippen MR) is 147 cm³/mol. The highest BCUT2D eigenvalue weighted by molar-refractivity contribution is 5.86. The molecular formula is C32H54O4. The molecule has 4 heteroatoms. The van der Waals surface area contributed by atoms with Crippen LogP contribution in [0, 0.1) is 23.2 Å². The van der Waals surface area contributed by atoms with Crippen LogP contribution in [0.3, 0.4) is 0 Å². The smallest absolute Gasteiger partial charge is 0.333 e. The van der Waals surface area contributed by atoms with Gasteiger partial charge in [-0.05, 0) is 108 Å². The summed E-state index contributed by atoms with van der Waals surface area (Å²) >= 11 is 0. The molecule has 0 unspecified atom stereocenters. The third-order valence-corrected chi connectivity index (χ3v) is 9.72. The molecular weight excluding hydrogens is 448 g/mol. The number of rotatable bonds is 13. The molecule has 3 aliphatic rings. The molecule has 3 fully saturated rings. The second kappa shape index (κ2) is 15.2. The summed E-state index contributed by atoms with van der Waals surface area (Å²) in [5.41, 5.74) is 1.05. The van der Waals surface area contributed by atoms with Gasteiger partial charge in [0.2, 0.25) is 0 Å². The van der Waals surface area contributed by atoms with E-state index in [1.165, 1.54) is 70.6 Å². The molecule has 0 aromatic heterocycles. The van der Waals surface area contributed by atoms with E-state index in [0.29, 0.717) is 23.5 Å². The standard InChI is InChI=1S/C32H54O4/c1-4-5-8-21-32(22-9-6-10-23-32)28-17-19-29(20-18-28)36-31(34)27-15-13-26(14-16-27)12-7-11-24-35-30(33)25(2)3/h26-29H,2,4-24H2,1,3H3. The van der Waals surface area contributed by atoms with E-state index >= 15 is 0 Å². The summed E-state index contributed by atoms with van der Waals surface area (Å²) in [6.07, 6.45) is 24.9. The number of hydrogen-bond acceptors (Lipinski definition) is 4.